The highest BCUT2D eigenvalue weighted by molar-refractivity contribution is 5.46. The molecular weight excluding hydrogens is 280 g/mol. The summed E-state index contributed by atoms with van der Waals surface area (Å²) in [6, 6.07) is 8.89. The average Bonchev–Trinajstić information content (AvgIpc) is 3.15. The van der Waals surface area contributed by atoms with Crippen LogP contribution in [0.5, 0.6) is 0 Å². The first kappa shape index (κ1) is 15.2. The number of allylic oxidation sites excluding steroid dienone is 2. The molecule has 1 fully saturated rings. The number of ether oxygens (including phenoxy) is 1. The van der Waals surface area contributed by atoms with Crippen molar-refractivity contribution in [2.45, 2.75) is 64.6 Å². The van der Waals surface area contributed by atoms with Gasteiger partial charge in [-0.1, -0.05) is 74.3 Å². The van der Waals surface area contributed by atoms with Gasteiger partial charge in [0.1, 0.15) is 0 Å². The molecule has 0 N–H and O–H groups in total. The first-order valence-corrected chi connectivity index (χ1v) is 9.49. The van der Waals surface area contributed by atoms with Crippen LogP contribution >= 0.6 is 0 Å². The highest BCUT2D eigenvalue weighted by atomic mass is 16.5. The molecule has 23 heavy (non-hydrogen) atoms. The minimum absolute atomic E-state index is 0.295. The molecule has 1 saturated heterocycles. The molecule has 4 rings (SSSR count). The second kappa shape index (κ2) is 6.28. The van der Waals surface area contributed by atoms with Gasteiger partial charge in [0.25, 0.3) is 0 Å². The first-order valence-electron chi connectivity index (χ1n) is 9.49. The van der Waals surface area contributed by atoms with Crippen molar-refractivity contribution in [2.75, 3.05) is 0 Å². The molecule has 2 aliphatic heterocycles. The highest BCUT2D eigenvalue weighted by Gasteiger charge is 2.53. The molecule has 0 amide bonds. The van der Waals surface area contributed by atoms with Gasteiger partial charge in [-0.15, -0.1) is 0 Å². The topological polar surface area (TPSA) is 9.23 Å². The summed E-state index contributed by atoms with van der Waals surface area (Å²) >= 11 is 0. The van der Waals surface area contributed by atoms with Crippen molar-refractivity contribution in [3.63, 3.8) is 0 Å². The molecule has 0 aromatic heterocycles. The zero-order chi connectivity index (χ0) is 15.8. The van der Waals surface area contributed by atoms with Gasteiger partial charge in [0.2, 0.25) is 0 Å². The first-order chi connectivity index (χ1) is 11.3. The summed E-state index contributed by atoms with van der Waals surface area (Å²) < 4.78 is 6.47. The number of fused-ring (bicyclic) bond motifs is 8. The Balaban J connectivity index is 1.68. The lowest BCUT2D eigenvalue weighted by molar-refractivity contribution is 0.0593. The summed E-state index contributed by atoms with van der Waals surface area (Å²) in [6.45, 7) is 4.58. The summed E-state index contributed by atoms with van der Waals surface area (Å²) in [5.41, 5.74) is 6.12. The van der Waals surface area contributed by atoms with Crippen molar-refractivity contribution in [2.24, 2.45) is 11.8 Å². The van der Waals surface area contributed by atoms with Crippen LogP contribution < -0.4 is 0 Å². The van der Waals surface area contributed by atoms with Gasteiger partial charge in [-0.2, -0.15) is 0 Å². The average molecular weight is 308 g/mol. The molecule has 2 heterocycles. The number of hydrogen-bond acceptors (Lipinski definition) is 1. The predicted octanol–water partition coefficient (Wildman–Crippen LogP) is 6.29. The summed E-state index contributed by atoms with van der Waals surface area (Å²) in [5, 5.41) is 0. The minimum Gasteiger partial charge on any atom is -0.364 e. The van der Waals surface area contributed by atoms with Gasteiger partial charge in [0.05, 0.1) is 12.2 Å². The number of unbranched alkanes of at least 4 members (excludes halogenated alkanes) is 2. The van der Waals surface area contributed by atoms with E-state index in [1.807, 2.05) is 0 Å². The van der Waals surface area contributed by atoms with E-state index in [1.54, 1.807) is 11.1 Å². The summed E-state index contributed by atoms with van der Waals surface area (Å²) in [6.07, 6.45) is 13.3. The summed E-state index contributed by atoms with van der Waals surface area (Å²) in [4.78, 5) is 0. The van der Waals surface area contributed by atoms with Gasteiger partial charge in [-0.3, -0.25) is 0 Å². The van der Waals surface area contributed by atoms with Crippen LogP contribution in [-0.4, -0.2) is 0 Å². The van der Waals surface area contributed by atoms with Crippen molar-refractivity contribution in [3.05, 3.63) is 58.7 Å². The predicted molar refractivity (Wildman–Crippen MR) is 95.2 cm³/mol. The van der Waals surface area contributed by atoms with E-state index in [0.29, 0.717) is 24.0 Å². The molecule has 4 atom stereocenters. The van der Waals surface area contributed by atoms with Gasteiger partial charge in [0.15, 0.2) is 0 Å². The SMILES string of the molecule is CCCCC1=C[C@H]2[C@@H](C(CCCC)=C1)[C@H]1O[C@@H]2c2ccccc21. The maximum atomic E-state index is 6.47. The summed E-state index contributed by atoms with van der Waals surface area (Å²) in [5.74, 6) is 1.16. The molecule has 1 heteroatoms. The molecule has 1 aromatic rings. The van der Waals surface area contributed by atoms with Crippen LogP contribution in [0.15, 0.2) is 47.6 Å². The molecular formula is C22H28O. The third-order valence-electron chi connectivity index (χ3n) is 5.84. The Bertz CT molecular complexity index is 639. The smallest absolute Gasteiger partial charge is 0.0909 e. The Morgan fingerprint density at radius 1 is 0.913 bits per heavy atom. The van der Waals surface area contributed by atoms with Crippen LogP contribution in [-0.2, 0) is 4.74 Å². The number of hydrogen-bond donors (Lipinski definition) is 0. The van der Waals surface area contributed by atoms with E-state index in [1.165, 1.54) is 49.7 Å². The highest BCUT2D eigenvalue weighted by Crippen LogP contribution is 2.61. The monoisotopic (exact) mass is 308 g/mol. The van der Waals surface area contributed by atoms with Crippen molar-refractivity contribution >= 4 is 0 Å². The molecule has 1 aromatic carbocycles. The molecule has 0 unspecified atom stereocenters. The normalized spacial score (nSPS) is 30.7. The van der Waals surface area contributed by atoms with Gasteiger partial charge in [0, 0.05) is 11.8 Å². The van der Waals surface area contributed by atoms with Crippen molar-refractivity contribution in [1.82, 2.24) is 0 Å². The van der Waals surface area contributed by atoms with Crippen LogP contribution in [0.4, 0.5) is 0 Å². The Kier molecular flexibility index (Phi) is 4.15. The van der Waals surface area contributed by atoms with E-state index in [0.717, 1.165) is 0 Å². The van der Waals surface area contributed by atoms with Crippen LogP contribution in [0, 0.1) is 11.8 Å². The molecule has 2 bridgehead atoms. The minimum atomic E-state index is 0.295. The fourth-order valence-electron chi connectivity index (χ4n) is 4.72. The molecule has 0 saturated carbocycles. The van der Waals surface area contributed by atoms with E-state index in [9.17, 15) is 0 Å². The van der Waals surface area contributed by atoms with E-state index < -0.39 is 0 Å². The maximum absolute atomic E-state index is 6.47. The van der Waals surface area contributed by atoms with E-state index >= 15 is 0 Å². The third kappa shape index (κ3) is 2.50. The zero-order valence-corrected chi connectivity index (χ0v) is 14.4. The fraction of sp³-hybridized carbons (Fsp3) is 0.545. The van der Waals surface area contributed by atoms with Gasteiger partial charge < -0.3 is 4.74 Å². The zero-order valence-electron chi connectivity index (χ0n) is 14.4. The van der Waals surface area contributed by atoms with Crippen LogP contribution in [0.3, 0.4) is 0 Å². The molecule has 0 spiro atoms. The van der Waals surface area contributed by atoms with E-state index in [2.05, 4.69) is 50.3 Å². The second-order valence-electron chi connectivity index (χ2n) is 7.38. The molecule has 122 valence electrons. The molecule has 1 nitrogen and oxygen atoms in total. The Morgan fingerprint density at radius 3 is 2.35 bits per heavy atom. The Hall–Kier alpha value is -1.34. The maximum Gasteiger partial charge on any atom is 0.0909 e. The lowest BCUT2D eigenvalue weighted by Gasteiger charge is -2.33. The van der Waals surface area contributed by atoms with Crippen LogP contribution in [0.2, 0.25) is 0 Å². The quantitative estimate of drug-likeness (QED) is 0.600. The molecule has 0 radical (unpaired) electrons. The summed E-state index contributed by atoms with van der Waals surface area (Å²) in [7, 11) is 0. The van der Waals surface area contributed by atoms with E-state index in [4.69, 9.17) is 4.74 Å². The van der Waals surface area contributed by atoms with E-state index in [-0.39, 0.29) is 0 Å². The molecule has 3 aliphatic rings. The van der Waals surface area contributed by atoms with Gasteiger partial charge in [-0.05, 0) is 36.8 Å². The third-order valence-corrected chi connectivity index (χ3v) is 5.84. The van der Waals surface area contributed by atoms with Crippen molar-refractivity contribution < 1.29 is 4.74 Å². The Labute approximate surface area is 140 Å². The fourth-order valence-corrected chi connectivity index (χ4v) is 4.72. The number of benzene rings is 1. The van der Waals surface area contributed by atoms with Crippen LogP contribution in [0.1, 0.15) is 75.7 Å². The van der Waals surface area contributed by atoms with Crippen LogP contribution in [0.25, 0.3) is 0 Å². The second-order valence-corrected chi connectivity index (χ2v) is 7.38. The van der Waals surface area contributed by atoms with Crippen molar-refractivity contribution in [3.8, 4) is 0 Å². The standard InChI is InChI=1S/C22H28O/c1-3-5-9-15-13-16(10-6-4-2)20-19(14-15)21-17-11-7-8-12-18(17)22(20)23-21/h7-8,11-14,19-22H,3-6,9-10H2,1-2H3/t19-,20+,21+,22-/m0/s1. The largest absolute Gasteiger partial charge is 0.364 e. The lowest BCUT2D eigenvalue weighted by Crippen LogP contribution is -2.25. The Morgan fingerprint density at radius 2 is 1.61 bits per heavy atom. The van der Waals surface area contributed by atoms with Crippen molar-refractivity contribution in [1.29, 1.82) is 0 Å². The lowest BCUT2D eigenvalue weighted by atomic mass is 9.68. The number of rotatable bonds is 6. The molecule has 1 aliphatic carbocycles. The van der Waals surface area contributed by atoms with Gasteiger partial charge >= 0.3 is 0 Å². The van der Waals surface area contributed by atoms with Gasteiger partial charge in [-0.25, -0.2) is 0 Å².